The monoisotopic (exact) mass is 257 g/mol. The zero-order valence-corrected chi connectivity index (χ0v) is 11.1. The second-order valence-electron chi connectivity index (χ2n) is 3.79. The maximum absolute atomic E-state index is 5.94. The fraction of sp³-hybridized carbons (Fsp3) is 0.417. The highest BCUT2D eigenvalue weighted by molar-refractivity contribution is 7.80. The summed E-state index contributed by atoms with van der Waals surface area (Å²) in [4.78, 5) is 0.535. The number of halogens is 1. The van der Waals surface area contributed by atoms with Crippen molar-refractivity contribution in [3.63, 3.8) is 0 Å². The van der Waals surface area contributed by atoms with Crippen molar-refractivity contribution in [2.45, 2.75) is 26.7 Å². The third kappa shape index (κ3) is 3.99. The van der Waals surface area contributed by atoms with Crippen LogP contribution in [0.2, 0.25) is 5.02 Å². The van der Waals surface area contributed by atoms with E-state index in [1.54, 1.807) is 0 Å². The van der Waals surface area contributed by atoms with Crippen LogP contribution in [-0.2, 0) is 0 Å². The summed E-state index contributed by atoms with van der Waals surface area (Å²) in [6, 6.07) is 3.80. The first-order valence-electron chi connectivity index (χ1n) is 5.18. The summed E-state index contributed by atoms with van der Waals surface area (Å²) >= 11 is 10.7. The molecule has 0 aliphatic carbocycles. The fourth-order valence-corrected chi connectivity index (χ4v) is 2.02. The van der Waals surface area contributed by atoms with Gasteiger partial charge in [-0.15, -0.1) is 0 Å². The lowest BCUT2D eigenvalue weighted by Crippen LogP contribution is -2.10. The third-order valence-electron chi connectivity index (χ3n) is 2.24. The summed E-state index contributed by atoms with van der Waals surface area (Å²) in [5, 5.41) is 0.741. The van der Waals surface area contributed by atoms with Gasteiger partial charge in [-0.25, -0.2) is 0 Å². The Balaban J connectivity index is 2.57. The van der Waals surface area contributed by atoms with Crippen LogP contribution in [0.25, 0.3) is 0 Å². The number of rotatable bonds is 5. The molecule has 4 heteroatoms. The molecule has 0 radical (unpaired) electrons. The van der Waals surface area contributed by atoms with Crippen molar-refractivity contribution in [3.8, 4) is 5.75 Å². The number of aryl methyl sites for hydroxylation is 2. The summed E-state index contributed by atoms with van der Waals surface area (Å²) in [5.41, 5.74) is 7.52. The normalized spacial score (nSPS) is 10.2. The van der Waals surface area contributed by atoms with E-state index in [2.05, 4.69) is 0 Å². The Morgan fingerprint density at radius 3 is 2.44 bits per heavy atom. The van der Waals surface area contributed by atoms with Crippen LogP contribution < -0.4 is 10.5 Å². The smallest absolute Gasteiger partial charge is 0.125 e. The van der Waals surface area contributed by atoms with Crippen LogP contribution in [0.4, 0.5) is 0 Å². The van der Waals surface area contributed by atoms with Crippen LogP contribution in [0.3, 0.4) is 0 Å². The summed E-state index contributed by atoms with van der Waals surface area (Å²) in [6.45, 7) is 4.60. The molecule has 2 nitrogen and oxygen atoms in total. The van der Waals surface area contributed by atoms with Crippen molar-refractivity contribution in [1.29, 1.82) is 0 Å². The van der Waals surface area contributed by atoms with Gasteiger partial charge in [0, 0.05) is 11.4 Å². The van der Waals surface area contributed by atoms with Gasteiger partial charge in [0.2, 0.25) is 0 Å². The topological polar surface area (TPSA) is 35.2 Å². The van der Waals surface area contributed by atoms with E-state index in [-0.39, 0.29) is 0 Å². The van der Waals surface area contributed by atoms with E-state index in [4.69, 9.17) is 34.3 Å². The predicted octanol–water partition coefficient (Wildman–Crippen LogP) is 3.40. The van der Waals surface area contributed by atoms with Crippen LogP contribution in [0.15, 0.2) is 12.1 Å². The summed E-state index contributed by atoms with van der Waals surface area (Å²) in [6.07, 6.45) is 1.57. The van der Waals surface area contributed by atoms with Crippen LogP contribution >= 0.6 is 23.8 Å². The Morgan fingerprint density at radius 2 is 1.94 bits per heavy atom. The number of benzene rings is 1. The third-order valence-corrected chi connectivity index (χ3v) is 2.66. The SMILES string of the molecule is Cc1cc(Cl)cc(C)c1OCCCC(N)=S. The summed E-state index contributed by atoms with van der Waals surface area (Å²) in [7, 11) is 0. The van der Waals surface area contributed by atoms with Gasteiger partial charge in [-0.1, -0.05) is 23.8 Å². The molecule has 0 bridgehead atoms. The molecular weight excluding hydrogens is 242 g/mol. The van der Waals surface area contributed by atoms with Gasteiger partial charge in [0.15, 0.2) is 0 Å². The molecule has 0 saturated heterocycles. The molecule has 0 amide bonds. The van der Waals surface area contributed by atoms with Gasteiger partial charge in [0.05, 0.1) is 11.6 Å². The molecule has 1 aromatic carbocycles. The number of hydrogen-bond acceptors (Lipinski definition) is 2. The molecule has 2 N–H and O–H groups in total. The van der Waals surface area contributed by atoms with Gasteiger partial charge >= 0.3 is 0 Å². The van der Waals surface area contributed by atoms with Gasteiger partial charge in [0.25, 0.3) is 0 Å². The maximum atomic E-state index is 5.94. The van der Waals surface area contributed by atoms with Crippen molar-refractivity contribution < 1.29 is 4.74 Å². The first kappa shape index (κ1) is 13.3. The lowest BCUT2D eigenvalue weighted by molar-refractivity contribution is 0.309. The Labute approximate surface area is 107 Å². The van der Waals surface area contributed by atoms with Crippen molar-refractivity contribution in [3.05, 3.63) is 28.3 Å². The first-order valence-corrected chi connectivity index (χ1v) is 5.97. The quantitative estimate of drug-likeness (QED) is 0.649. The lowest BCUT2D eigenvalue weighted by atomic mass is 10.1. The molecule has 16 heavy (non-hydrogen) atoms. The molecule has 1 aromatic rings. The van der Waals surface area contributed by atoms with E-state index >= 15 is 0 Å². The molecule has 0 aliphatic rings. The number of ether oxygens (including phenoxy) is 1. The van der Waals surface area contributed by atoms with E-state index in [1.807, 2.05) is 26.0 Å². The Bertz CT molecular complexity index is 370. The fourth-order valence-electron chi connectivity index (χ4n) is 1.55. The van der Waals surface area contributed by atoms with E-state index in [9.17, 15) is 0 Å². The van der Waals surface area contributed by atoms with Crippen LogP contribution in [0.1, 0.15) is 24.0 Å². The van der Waals surface area contributed by atoms with Crippen LogP contribution in [0.5, 0.6) is 5.75 Å². The van der Waals surface area contributed by atoms with Crippen molar-refractivity contribution in [1.82, 2.24) is 0 Å². The van der Waals surface area contributed by atoms with Gasteiger partial charge in [-0.2, -0.15) is 0 Å². The van der Waals surface area contributed by atoms with Gasteiger partial charge in [0.1, 0.15) is 5.75 Å². The average molecular weight is 258 g/mol. The minimum atomic E-state index is 0.535. The number of hydrogen-bond donors (Lipinski definition) is 1. The zero-order chi connectivity index (χ0) is 12.1. The Hall–Kier alpha value is -0.800. The Morgan fingerprint density at radius 1 is 1.38 bits per heavy atom. The molecule has 0 aromatic heterocycles. The van der Waals surface area contributed by atoms with E-state index in [0.29, 0.717) is 11.6 Å². The maximum Gasteiger partial charge on any atom is 0.125 e. The van der Waals surface area contributed by atoms with Crippen LogP contribution in [0, 0.1) is 13.8 Å². The van der Waals surface area contributed by atoms with E-state index < -0.39 is 0 Å². The van der Waals surface area contributed by atoms with Gasteiger partial charge in [-0.3, -0.25) is 0 Å². The highest BCUT2D eigenvalue weighted by Gasteiger charge is 2.05. The van der Waals surface area contributed by atoms with Gasteiger partial charge < -0.3 is 10.5 Å². The Kier molecular flexibility index (Phi) is 5.03. The highest BCUT2D eigenvalue weighted by Crippen LogP contribution is 2.27. The van der Waals surface area contributed by atoms with E-state index in [0.717, 1.165) is 34.7 Å². The van der Waals surface area contributed by atoms with Crippen molar-refractivity contribution >= 4 is 28.8 Å². The average Bonchev–Trinajstić information content (AvgIpc) is 2.14. The minimum Gasteiger partial charge on any atom is -0.493 e. The summed E-state index contributed by atoms with van der Waals surface area (Å²) in [5.74, 6) is 0.910. The molecule has 0 heterocycles. The molecular formula is C12H16ClNOS. The predicted molar refractivity (Wildman–Crippen MR) is 72.4 cm³/mol. The standard InChI is InChI=1S/C12H16ClNOS/c1-8-6-10(13)7-9(2)12(8)15-5-3-4-11(14)16/h6-7H,3-5H2,1-2H3,(H2,14,16). The zero-order valence-electron chi connectivity index (χ0n) is 9.55. The van der Waals surface area contributed by atoms with Crippen LogP contribution in [-0.4, -0.2) is 11.6 Å². The lowest BCUT2D eigenvalue weighted by Gasteiger charge is -2.12. The number of nitrogens with two attached hydrogens (primary N) is 1. The molecule has 1 rings (SSSR count). The second kappa shape index (κ2) is 6.06. The highest BCUT2D eigenvalue weighted by atomic mass is 35.5. The second-order valence-corrected chi connectivity index (χ2v) is 4.75. The molecule has 0 atom stereocenters. The molecule has 0 unspecified atom stereocenters. The molecule has 88 valence electrons. The van der Waals surface area contributed by atoms with Crippen molar-refractivity contribution in [2.75, 3.05) is 6.61 Å². The minimum absolute atomic E-state index is 0.535. The molecule has 0 aliphatic heterocycles. The number of thiocarbonyl (C=S) groups is 1. The van der Waals surface area contributed by atoms with Crippen molar-refractivity contribution in [2.24, 2.45) is 5.73 Å². The van der Waals surface area contributed by atoms with E-state index in [1.165, 1.54) is 0 Å². The van der Waals surface area contributed by atoms with Gasteiger partial charge in [-0.05, 0) is 43.5 Å². The largest absolute Gasteiger partial charge is 0.493 e. The summed E-state index contributed by atoms with van der Waals surface area (Å²) < 4.78 is 5.70. The molecule has 0 spiro atoms. The first-order chi connectivity index (χ1) is 7.50. The molecule has 0 fully saturated rings. The molecule has 0 saturated carbocycles.